The summed E-state index contributed by atoms with van der Waals surface area (Å²) < 4.78 is 12.4. The van der Waals surface area contributed by atoms with Crippen LogP contribution in [-0.4, -0.2) is 44.7 Å². The fraction of sp³-hybridized carbons (Fsp3) is 0.744. The molecule has 0 aliphatic heterocycles. The molecule has 0 radical (unpaired) electrons. The van der Waals surface area contributed by atoms with Crippen molar-refractivity contribution in [2.24, 2.45) is 50.7 Å². The molecule has 3 unspecified atom stereocenters. The lowest BCUT2D eigenvalue weighted by molar-refractivity contribution is -0.231. The summed E-state index contributed by atoms with van der Waals surface area (Å²) in [5.41, 5.74) is 0.452. The second-order valence-corrected chi connectivity index (χ2v) is 20.3. The summed E-state index contributed by atoms with van der Waals surface area (Å²) in [4.78, 5) is 38.9. The van der Waals surface area contributed by atoms with Crippen LogP contribution < -0.4 is 5.32 Å². The van der Waals surface area contributed by atoms with Gasteiger partial charge in [-0.15, -0.1) is 5.10 Å². The van der Waals surface area contributed by atoms with Crippen LogP contribution in [0, 0.1) is 50.7 Å². The van der Waals surface area contributed by atoms with Gasteiger partial charge >= 0.3 is 18.0 Å². The van der Waals surface area contributed by atoms with E-state index >= 15 is 0 Å². The molecule has 1 aromatic heterocycles. The average molecular weight is 750 g/mol. The summed E-state index contributed by atoms with van der Waals surface area (Å²) in [5, 5.41) is 22.9. The van der Waals surface area contributed by atoms with Crippen molar-refractivity contribution in [1.82, 2.24) is 10.2 Å². The Morgan fingerprint density at radius 1 is 1.02 bits per heavy atom. The minimum atomic E-state index is -1.17. The molecule has 53 heavy (non-hydrogen) atoms. The highest BCUT2D eigenvalue weighted by molar-refractivity contribution is 6.31. The Morgan fingerprint density at radius 3 is 2.42 bits per heavy atom. The van der Waals surface area contributed by atoms with Gasteiger partial charge in [-0.2, -0.15) is 0 Å². The van der Waals surface area contributed by atoms with Gasteiger partial charge in [-0.3, -0.25) is 14.4 Å². The van der Waals surface area contributed by atoms with Crippen LogP contribution in [0.1, 0.15) is 145 Å². The van der Waals surface area contributed by atoms with Crippen molar-refractivity contribution in [3.8, 4) is 0 Å². The number of fused-ring (bicyclic) bond motifs is 7. The van der Waals surface area contributed by atoms with E-state index in [1.807, 2.05) is 18.2 Å². The number of aromatic nitrogens is 2. The number of ether oxygens (including phenoxy) is 1. The lowest BCUT2D eigenvalue weighted by Crippen LogP contribution is -2.66. The molecular weight excluding hydrogens is 690 g/mol. The SMILES string of the molecule is CC(C)C1=C2[C@H]3CCC4[C@@]5(C)CC[C@H](OC(=O)CC(C)(C)C(=O)O)C(C)(C)[C@@H]5CC[C@@]4(C)[C@]3(C)CCC2(Nc2nnc(C3C=CC(Cl)=CC3)o2)CC1=O. The van der Waals surface area contributed by atoms with E-state index < -0.39 is 22.9 Å². The predicted molar refractivity (Wildman–Crippen MR) is 204 cm³/mol. The lowest BCUT2D eigenvalue weighted by Gasteiger charge is -2.72. The second kappa shape index (κ2) is 12.8. The molecule has 10 heteroatoms. The van der Waals surface area contributed by atoms with Crippen LogP contribution >= 0.6 is 11.6 Å². The van der Waals surface area contributed by atoms with E-state index in [-0.39, 0.29) is 57.7 Å². The maximum absolute atomic E-state index is 14.1. The molecule has 9 nitrogen and oxygen atoms in total. The summed E-state index contributed by atoms with van der Waals surface area (Å²) in [7, 11) is 0. The molecule has 7 rings (SSSR count). The molecule has 1 aromatic rings. The third-order valence-corrected chi connectivity index (χ3v) is 16.2. The number of halogens is 1. The minimum Gasteiger partial charge on any atom is -0.481 e. The van der Waals surface area contributed by atoms with Gasteiger partial charge < -0.3 is 19.6 Å². The number of carboxylic acids is 1. The molecule has 6 aliphatic carbocycles. The van der Waals surface area contributed by atoms with Crippen molar-refractivity contribution in [2.75, 3.05) is 5.32 Å². The summed E-state index contributed by atoms with van der Waals surface area (Å²) >= 11 is 6.16. The summed E-state index contributed by atoms with van der Waals surface area (Å²) in [6.45, 7) is 19.6. The van der Waals surface area contributed by atoms with Crippen molar-refractivity contribution in [1.29, 1.82) is 0 Å². The Labute approximate surface area is 320 Å². The molecule has 0 amide bonds. The van der Waals surface area contributed by atoms with E-state index in [4.69, 9.17) is 20.8 Å². The van der Waals surface area contributed by atoms with E-state index in [1.165, 1.54) is 5.57 Å². The number of allylic oxidation sites excluding steroid dienone is 5. The number of carbonyl (C=O) groups excluding carboxylic acids is 2. The fourth-order valence-corrected chi connectivity index (χ4v) is 13.2. The molecule has 290 valence electrons. The van der Waals surface area contributed by atoms with Gasteiger partial charge in [-0.25, -0.2) is 0 Å². The first-order valence-corrected chi connectivity index (χ1v) is 20.4. The number of rotatable bonds is 8. The molecule has 4 fully saturated rings. The average Bonchev–Trinajstić information content (AvgIpc) is 3.64. The molecule has 0 aromatic carbocycles. The summed E-state index contributed by atoms with van der Waals surface area (Å²) in [6.07, 6.45) is 14.4. The van der Waals surface area contributed by atoms with E-state index in [0.29, 0.717) is 41.6 Å². The molecule has 9 atom stereocenters. The molecular formula is C43H60ClN3O6. The fourth-order valence-electron chi connectivity index (χ4n) is 13.0. The molecule has 2 N–H and O–H groups in total. The number of hydrogen-bond donors (Lipinski definition) is 2. The number of aliphatic carboxylic acids is 1. The number of Topliss-reactive ketones (excluding diaryl/α,β-unsaturated/α-hetero) is 1. The number of nitrogens with one attached hydrogen (secondary N) is 1. The maximum atomic E-state index is 14.1. The normalized spacial score (nSPS) is 39.1. The number of anilines is 1. The van der Waals surface area contributed by atoms with Crippen LogP contribution in [0.15, 0.2) is 38.8 Å². The van der Waals surface area contributed by atoms with Crippen molar-refractivity contribution < 1.29 is 28.6 Å². The summed E-state index contributed by atoms with van der Waals surface area (Å²) in [6, 6.07) is 0.382. The van der Waals surface area contributed by atoms with Crippen molar-refractivity contribution in [3.05, 3.63) is 40.3 Å². The highest BCUT2D eigenvalue weighted by Crippen LogP contribution is 2.76. The topological polar surface area (TPSA) is 132 Å². The Bertz CT molecular complexity index is 1790. The van der Waals surface area contributed by atoms with E-state index in [9.17, 15) is 19.5 Å². The first-order valence-electron chi connectivity index (χ1n) is 20.0. The number of nitrogens with zero attached hydrogens (tertiary/aromatic N) is 2. The van der Waals surface area contributed by atoms with Gasteiger partial charge in [0.25, 0.3) is 0 Å². The van der Waals surface area contributed by atoms with Gasteiger partial charge in [-0.05, 0) is 129 Å². The Kier molecular flexibility index (Phi) is 9.27. The standard InChI is InChI=1S/C43H60ClN3O6/c1-24(2)33-28(48)22-43(45-37-47-46-35(53-37)25-10-12-26(44)13-11-25)21-20-41(8)27(34(33)43)14-15-30-40(7)18-17-31(52-32(49)23-38(3,4)36(50)51)39(5,6)29(40)16-19-42(30,41)9/h10,12-13,24-25,27,29-31H,11,14-23H2,1-9H3,(H,45,47)(H,50,51)/t25?,27-,29+,30?,31+,40+,41-,42-,43?/m1/s1. The first-order chi connectivity index (χ1) is 24.7. The number of carboxylic acid groups (broad SMARTS) is 1. The molecule has 4 saturated carbocycles. The van der Waals surface area contributed by atoms with Gasteiger partial charge in [0, 0.05) is 16.9 Å². The lowest BCUT2D eigenvalue weighted by atomic mass is 9.33. The van der Waals surface area contributed by atoms with Crippen molar-refractivity contribution in [3.63, 3.8) is 0 Å². The third-order valence-electron chi connectivity index (χ3n) is 16.0. The maximum Gasteiger partial charge on any atom is 0.316 e. The van der Waals surface area contributed by atoms with Crippen LogP contribution in [-0.2, 0) is 19.1 Å². The Hall–Kier alpha value is -2.94. The quantitative estimate of drug-likeness (QED) is 0.249. The third kappa shape index (κ3) is 5.87. The van der Waals surface area contributed by atoms with E-state index in [0.717, 1.165) is 56.9 Å². The smallest absolute Gasteiger partial charge is 0.316 e. The van der Waals surface area contributed by atoms with Gasteiger partial charge in [0.05, 0.1) is 23.3 Å². The molecule has 0 spiro atoms. The number of carbonyl (C=O) groups is 3. The van der Waals surface area contributed by atoms with Gasteiger partial charge in [-0.1, -0.05) is 77.3 Å². The largest absolute Gasteiger partial charge is 0.481 e. The zero-order chi connectivity index (χ0) is 38.5. The van der Waals surface area contributed by atoms with Gasteiger partial charge in [0.2, 0.25) is 5.89 Å². The highest BCUT2D eigenvalue weighted by atomic mass is 35.5. The molecule has 0 bridgehead atoms. The number of hydrogen-bond acceptors (Lipinski definition) is 8. The Balaban J connectivity index is 1.16. The zero-order valence-electron chi connectivity index (χ0n) is 33.2. The van der Waals surface area contributed by atoms with Crippen LogP contribution in [0.3, 0.4) is 0 Å². The molecule has 1 heterocycles. The molecule has 0 saturated heterocycles. The number of esters is 1. The van der Waals surface area contributed by atoms with Crippen LogP contribution in [0.4, 0.5) is 6.01 Å². The zero-order valence-corrected chi connectivity index (χ0v) is 34.0. The van der Waals surface area contributed by atoms with Gasteiger partial charge in [0.1, 0.15) is 6.10 Å². The van der Waals surface area contributed by atoms with Crippen molar-refractivity contribution >= 4 is 35.3 Å². The first kappa shape index (κ1) is 38.3. The van der Waals surface area contributed by atoms with Crippen LogP contribution in [0.25, 0.3) is 0 Å². The predicted octanol–water partition coefficient (Wildman–Crippen LogP) is 9.79. The van der Waals surface area contributed by atoms with Crippen LogP contribution in [0.5, 0.6) is 0 Å². The highest BCUT2D eigenvalue weighted by Gasteiger charge is 2.70. The van der Waals surface area contributed by atoms with Gasteiger partial charge in [0.15, 0.2) is 5.78 Å². The monoisotopic (exact) mass is 749 g/mol. The van der Waals surface area contributed by atoms with Crippen molar-refractivity contribution in [2.45, 2.75) is 151 Å². The minimum absolute atomic E-state index is 0.0104. The Morgan fingerprint density at radius 2 is 1.75 bits per heavy atom. The second-order valence-electron chi connectivity index (χ2n) is 19.8. The summed E-state index contributed by atoms with van der Waals surface area (Å²) in [5.74, 6) is 0.584. The van der Waals surface area contributed by atoms with Crippen LogP contribution in [0.2, 0.25) is 0 Å². The van der Waals surface area contributed by atoms with E-state index in [1.54, 1.807) is 13.8 Å². The molecule has 6 aliphatic rings. The van der Waals surface area contributed by atoms with E-state index in [2.05, 4.69) is 64.0 Å². The number of ketones is 1.